The molecule has 1 unspecified atom stereocenters. The highest BCUT2D eigenvalue weighted by Gasteiger charge is 2.14. The molecule has 1 heterocycles. The largest absolute Gasteiger partial charge is 0.469 e. The first kappa shape index (κ1) is 11.8. The molecule has 1 aromatic heterocycles. The van der Waals surface area contributed by atoms with E-state index in [1.165, 1.54) is 6.26 Å². The summed E-state index contributed by atoms with van der Waals surface area (Å²) in [4.78, 5) is 11.7. The lowest BCUT2D eigenvalue weighted by Gasteiger charge is -2.11. The van der Waals surface area contributed by atoms with E-state index < -0.39 is 0 Å². The summed E-state index contributed by atoms with van der Waals surface area (Å²) in [7, 11) is 0. The first-order valence-electron chi connectivity index (χ1n) is 5.17. The van der Waals surface area contributed by atoms with Crippen molar-refractivity contribution in [3.63, 3.8) is 0 Å². The van der Waals surface area contributed by atoms with Gasteiger partial charge in [0, 0.05) is 19.1 Å². The quantitative estimate of drug-likeness (QED) is 0.772. The summed E-state index contributed by atoms with van der Waals surface area (Å²) in [5.41, 5.74) is 0.585. The van der Waals surface area contributed by atoms with Crippen molar-refractivity contribution >= 4 is 5.91 Å². The fourth-order valence-electron chi connectivity index (χ4n) is 1.38. The number of hydrogen-bond acceptors (Lipinski definition) is 3. The van der Waals surface area contributed by atoms with Crippen LogP contribution in [0.5, 0.6) is 0 Å². The van der Waals surface area contributed by atoms with Crippen molar-refractivity contribution in [3.05, 3.63) is 23.7 Å². The maximum Gasteiger partial charge on any atom is 0.255 e. The SMILES string of the molecule is CCc1occc1C(=O)NC(C)CCO. The number of hydrogen-bond donors (Lipinski definition) is 2. The Balaban J connectivity index is 2.61. The van der Waals surface area contributed by atoms with Crippen molar-refractivity contribution < 1.29 is 14.3 Å². The van der Waals surface area contributed by atoms with E-state index in [-0.39, 0.29) is 18.6 Å². The Morgan fingerprint density at radius 1 is 1.67 bits per heavy atom. The Morgan fingerprint density at radius 3 is 3.00 bits per heavy atom. The van der Waals surface area contributed by atoms with Gasteiger partial charge in [0.05, 0.1) is 11.8 Å². The molecule has 0 spiro atoms. The van der Waals surface area contributed by atoms with Crippen molar-refractivity contribution in [1.82, 2.24) is 5.32 Å². The number of furan rings is 1. The molecule has 0 aliphatic carbocycles. The van der Waals surface area contributed by atoms with E-state index in [1.54, 1.807) is 6.07 Å². The molecular formula is C11H17NO3. The zero-order chi connectivity index (χ0) is 11.3. The second-order valence-corrected chi connectivity index (χ2v) is 3.50. The Labute approximate surface area is 89.3 Å². The van der Waals surface area contributed by atoms with Crippen LogP contribution in [0.4, 0.5) is 0 Å². The Morgan fingerprint density at radius 2 is 2.40 bits per heavy atom. The fourth-order valence-corrected chi connectivity index (χ4v) is 1.38. The highest BCUT2D eigenvalue weighted by Crippen LogP contribution is 2.11. The predicted octanol–water partition coefficient (Wildman–Crippen LogP) is 1.34. The van der Waals surface area contributed by atoms with Crippen LogP contribution in [0.2, 0.25) is 0 Å². The van der Waals surface area contributed by atoms with Gasteiger partial charge in [-0.15, -0.1) is 0 Å². The van der Waals surface area contributed by atoms with Crippen molar-refractivity contribution in [1.29, 1.82) is 0 Å². The molecule has 1 aromatic rings. The summed E-state index contributed by atoms with van der Waals surface area (Å²) in [6.45, 7) is 3.88. The second-order valence-electron chi connectivity index (χ2n) is 3.50. The number of aliphatic hydroxyl groups is 1. The van der Waals surface area contributed by atoms with E-state index in [1.807, 2.05) is 13.8 Å². The lowest BCUT2D eigenvalue weighted by Crippen LogP contribution is -2.33. The third-order valence-electron chi connectivity index (χ3n) is 2.25. The monoisotopic (exact) mass is 211 g/mol. The Kier molecular flexibility index (Phi) is 4.37. The lowest BCUT2D eigenvalue weighted by molar-refractivity contribution is 0.0932. The number of carbonyl (C=O) groups excluding carboxylic acids is 1. The zero-order valence-electron chi connectivity index (χ0n) is 9.12. The summed E-state index contributed by atoms with van der Waals surface area (Å²) in [6, 6.07) is 1.64. The molecule has 4 nitrogen and oxygen atoms in total. The molecule has 0 saturated carbocycles. The van der Waals surface area contributed by atoms with E-state index in [4.69, 9.17) is 9.52 Å². The third-order valence-corrected chi connectivity index (χ3v) is 2.25. The van der Waals surface area contributed by atoms with Gasteiger partial charge >= 0.3 is 0 Å². The topological polar surface area (TPSA) is 62.5 Å². The minimum absolute atomic E-state index is 0.0258. The van der Waals surface area contributed by atoms with Crippen LogP contribution in [0.3, 0.4) is 0 Å². The maximum atomic E-state index is 11.7. The molecule has 4 heteroatoms. The van der Waals surface area contributed by atoms with Crippen molar-refractivity contribution in [2.45, 2.75) is 32.7 Å². The Bertz CT molecular complexity index is 319. The molecule has 0 saturated heterocycles. The number of rotatable bonds is 5. The van der Waals surface area contributed by atoms with Crippen LogP contribution in [0, 0.1) is 0 Å². The van der Waals surface area contributed by atoms with Crippen LogP contribution >= 0.6 is 0 Å². The van der Waals surface area contributed by atoms with Gasteiger partial charge < -0.3 is 14.8 Å². The maximum absolute atomic E-state index is 11.7. The standard InChI is InChI=1S/C11H17NO3/c1-3-10-9(5-7-15-10)11(14)12-8(2)4-6-13/h5,7-8,13H,3-4,6H2,1-2H3,(H,12,14). The fraction of sp³-hybridized carbons (Fsp3) is 0.545. The number of nitrogens with one attached hydrogen (secondary N) is 1. The van der Waals surface area contributed by atoms with Gasteiger partial charge in [-0.1, -0.05) is 6.92 Å². The van der Waals surface area contributed by atoms with E-state index in [2.05, 4.69) is 5.32 Å². The molecule has 84 valence electrons. The van der Waals surface area contributed by atoms with Gasteiger partial charge in [-0.05, 0) is 19.4 Å². The molecule has 0 radical (unpaired) electrons. The highest BCUT2D eigenvalue weighted by molar-refractivity contribution is 5.95. The van der Waals surface area contributed by atoms with Crippen LogP contribution in [0.25, 0.3) is 0 Å². The zero-order valence-corrected chi connectivity index (χ0v) is 9.12. The second kappa shape index (κ2) is 5.56. The first-order chi connectivity index (χ1) is 7.19. The smallest absolute Gasteiger partial charge is 0.255 e. The summed E-state index contributed by atoms with van der Waals surface area (Å²) < 4.78 is 5.17. The number of carbonyl (C=O) groups is 1. The van der Waals surface area contributed by atoms with Crippen molar-refractivity contribution in [3.8, 4) is 0 Å². The number of aryl methyl sites for hydroxylation is 1. The van der Waals surface area contributed by atoms with Gasteiger partial charge in [0.2, 0.25) is 0 Å². The summed E-state index contributed by atoms with van der Waals surface area (Å²) in [6.07, 6.45) is 2.78. The van der Waals surface area contributed by atoms with Gasteiger partial charge in [-0.25, -0.2) is 0 Å². The lowest BCUT2D eigenvalue weighted by atomic mass is 10.1. The van der Waals surface area contributed by atoms with Gasteiger partial charge in [-0.2, -0.15) is 0 Å². The van der Waals surface area contributed by atoms with E-state index in [0.717, 1.165) is 0 Å². The molecule has 0 aliphatic heterocycles. The summed E-state index contributed by atoms with van der Waals surface area (Å²) in [5.74, 6) is 0.560. The predicted molar refractivity (Wildman–Crippen MR) is 56.7 cm³/mol. The minimum Gasteiger partial charge on any atom is -0.469 e. The van der Waals surface area contributed by atoms with Gasteiger partial charge in [0.25, 0.3) is 5.91 Å². The molecule has 0 bridgehead atoms. The van der Waals surface area contributed by atoms with Crippen LogP contribution < -0.4 is 5.32 Å². The molecule has 1 atom stereocenters. The van der Waals surface area contributed by atoms with Crippen LogP contribution in [0.1, 0.15) is 36.4 Å². The summed E-state index contributed by atoms with van der Waals surface area (Å²) in [5, 5.41) is 11.5. The minimum atomic E-state index is -0.137. The van der Waals surface area contributed by atoms with Crippen molar-refractivity contribution in [2.75, 3.05) is 6.61 Å². The molecule has 0 fully saturated rings. The average Bonchev–Trinajstić information content (AvgIpc) is 2.65. The average molecular weight is 211 g/mol. The van der Waals surface area contributed by atoms with Crippen LogP contribution in [-0.4, -0.2) is 23.7 Å². The molecule has 1 rings (SSSR count). The first-order valence-corrected chi connectivity index (χ1v) is 5.17. The van der Waals surface area contributed by atoms with Gasteiger partial charge in [0.1, 0.15) is 5.76 Å². The molecule has 0 aliphatic rings. The van der Waals surface area contributed by atoms with Crippen LogP contribution in [0.15, 0.2) is 16.7 Å². The van der Waals surface area contributed by atoms with E-state index in [9.17, 15) is 4.79 Å². The number of amides is 1. The molecule has 15 heavy (non-hydrogen) atoms. The van der Waals surface area contributed by atoms with E-state index >= 15 is 0 Å². The molecule has 0 aromatic carbocycles. The van der Waals surface area contributed by atoms with Gasteiger partial charge in [0.15, 0.2) is 0 Å². The van der Waals surface area contributed by atoms with E-state index in [0.29, 0.717) is 24.2 Å². The Hall–Kier alpha value is -1.29. The molecule has 2 N–H and O–H groups in total. The normalized spacial score (nSPS) is 12.5. The van der Waals surface area contributed by atoms with Gasteiger partial charge in [-0.3, -0.25) is 4.79 Å². The number of aliphatic hydroxyl groups excluding tert-OH is 1. The van der Waals surface area contributed by atoms with Crippen molar-refractivity contribution in [2.24, 2.45) is 0 Å². The highest BCUT2D eigenvalue weighted by atomic mass is 16.3. The molecule has 1 amide bonds. The third kappa shape index (κ3) is 3.09. The summed E-state index contributed by atoms with van der Waals surface area (Å²) >= 11 is 0. The van der Waals surface area contributed by atoms with Crippen LogP contribution in [-0.2, 0) is 6.42 Å². The molecular weight excluding hydrogens is 194 g/mol.